The molecule has 0 bridgehead atoms. The summed E-state index contributed by atoms with van der Waals surface area (Å²) in [4.78, 5) is 14.1. The van der Waals surface area contributed by atoms with E-state index in [1.807, 2.05) is 4.90 Å². The van der Waals surface area contributed by atoms with Gasteiger partial charge in [-0.25, -0.2) is 4.68 Å². The minimum absolute atomic E-state index is 0.0586. The molecule has 1 saturated heterocycles. The van der Waals surface area contributed by atoms with Crippen LogP contribution >= 0.6 is 0 Å². The predicted octanol–water partition coefficient (Wildman–Crippen LogP) is 0.154. The van der Waals surface area contributed by atoms with Crippen LogP contribution in [0, 0.1) is 0 Å². The summed E-state index contributed by atoms with van der Waals surface area (Å²) in [6.07, 6.45) is 4.91. The van der Waals surface area contributed by atoms with Gasteiger partial charge in [-0.05, 0) is 19.3 Å². The second-order valence-corrected chi connectivity index (χ2v) is 5.09. The molecule has 0 saturated carbocycles. The summed E-state index contributed by atoms with van der Waals surface area (Å²) in [5, 5.41) is 7.78. The average molecular weight is 281 g/mol. The first kappa shape index (κ1) is 14.9. The third-order valence-corrected chi connectivity index (χ3v) is 3.38. The summed E-state index contributed by atoms with van der Waals surface area (Å²) in [5.41, 5.74) is 6.17. The summed E-state index contributed by atoms with van der Waals surface area (Å²) in [7, 11) is 0. The van der Waals surface area contributed by atoms with Crippen molar-refractivity contribution in [2.45, 2.75) is 45.4 Å². The second kappa shape index (κ2) is 7.35. The van der Waals surface area contributed by atoms with Gasteiger partial charge in [0.2, 0.25) is 5.91 Å². The van der Waals surface area contributed by atoms with Crippen LogP contribution < -0.4 is 5.73 Å². The summed E-state index contributed by atoms with van der Waals surface area (Å²) in [6, 6.07) is 0. The van der Waals surface area contributed by atoms with Crippen LogP contribution in [0.15, 0.2) is 6.20 Å². The Morgan fingerprint density at radius 3 is 3.15 bits per heavy atom. The maximum Gasteiger partial charge on any atom is 0.244 e. The number of likely N-dealkylation sites (tertiary alicyclic amines) is 1. The molecule has 2 rings (SSSR count). The predicted molar refractivity (Wildman–Crippen MR) is 73.8 cm³/mol. The van der Waals surface area contributed by atoms with Gasteiger partial charge in [-0.3, -0.25) is 4.79 Å². The van der Waals surface area contributed by atoms with Crippen molar-refractivity contribution in [1.29, 1.82) is 0 Å². The van der Waals surface area contributed by atoms with Crippen molar-refractivity contribution in [2.75, 3.05) is 19.7 Å². The van der Waals surface area contributed by atoms with Crippen LogP contribution in [-0.4, -0.2) is 51.6 Å². The van der Waals surface area contributed by atoms with Crippen molar-refractivity contribution in [3.8, 4) is 0 Å². The van der Waals surface area contributed by atoms with Crippen molar-refractivity contribution in [3.05, 3.63) is 11.9 Å². The molecule has 112 valence electrons. The van der Waals surface area contributed by atoms with E-state index in [1.54, 1.807) is 10.9 Å². The maximum atomic E-state index is 12.2. The van der Waals surface area contributed by atoms with Crippen LogP contribution in [0.3, 0.4) is 0 Å². The smallest absolute Gasteiger partial charge is 0.244 e. The third-order valence-electron chi connectivity index (χ3n) is 3.38. The zero-order chi connectivity index (χ0) is 14.4. The van der Waals surface area contributed by atoms with Crippen LogP contribution in [0.25, 0.3) is 0 Å². The number of amides is 1. The highest BCUT2D eigenvalue weighted by Gasteiger charge is 2.24. The van der Waals surface area contributed by atoms with Gasteiger partial charge >= 0.3 is 0 Å². The van der Waals surface area contributed by atoms with Crippen molar-refractivity contribution in [1.82, 2.24) is 19.9 Å². The molecule has 1 atom stereocenters. The van der Waals surface area contributed by atoms with Crippen LogP contribution in [0.2, 0.25) is 0 Å². The molecule has 20 heavy (non-hydrogen) atoms. The highest BCUT2D eigenvalue weighted by Crippen LogP contribution is 2.14. The minimum atomic E-state index is 0.0586. The number of carbonyl (C=O) groups excluding carboxylic acids is 1. The molecule has 0 radical (unpaired) electrons. The van der Waals surface area contributed by atoms with Crippen LogP contribution in [0.5, 0.6) is 0 Å². The number of nitrogens with zero attached hydrogens (tertiary/aromatic N) is 4. The average Bonchev–Trinajstić information content (AvgIpc) is 2.93. The lowest BCUT2D eigenvalue weighted by Crippen LogP contribution is -2.44. The largest absolute Gasteiger partial charge is 0.376 e. The van der Waals surface area contributed by atoms with E-state index in [0.29, 0.717) is 18.8 Å². The fraction of sp³-hybridized carbons (Fsp3) is 0.769. The molecule has 1 aromatic heterocycles. The molecule has 1 fully saturated rings. The van der Waals surface area contributed by atoms with E-state index >= 15 is 0 Å². The molecule has 2 N–H and O–H groups in total. The fourth-order valence-electron chi connectivity index (χ4n) is 2.33. The van der Waals surface area contributed by atoms with Gasteiger partial charge in [0.25, 0.3) is 0 Å². The summed E-state index contributed by atoms with van der Waals surface area (Å²) in [5.74, 6) is 0.0586. The van der Waals surface area contributed by atoms with Gasteiger partial charge < -0.3 is 15.4 Å². The first-order valence-electron chi connectivity index (χ1n) is 7.21. The normalized spacial score (nSPS) is 19.3. The molecule has 0 aliphatic carbocycles. The SMILES string of the molecule is CCCOC1CCCN(C(=O)Cn2cc(CN)nn2)C1. The Morgan fingerprint density at radius 2 is 2.45 bits per heavy atom. The fourth-order valence-corrected chi connectivity index (χ4v) is 2.33. The van der Waals surface area contributed by atoms with Crippen molar-refractivity contribution >= 4 is 5.91 Å². The van der Waals surface area contributed by atoms with E-state index in [0.717, 1.165) is 32.4 Å². The second-order valence-electron chi connectivity index (χ2n) is 5.09. The number of aromatic nitrogens is 3. The monoisotopic (exact) mass is 281 g/mol. The van der Waals surface area contributed by atoms with E-state index in [-0.39, 0.29) is 18.6 Å². The molecule has 2 heterocycles. The van der Waals surface area contributed by atoms with Gasteiger partial charge in [0.15, 0.2) is 0 Å². The van der Waals surface area contributed by atoms with Crippen molar-refractivity contribution in [2.24, 2.45) is 5.73 Å². The van der Waals surface area contributed by atoms with E-state index in [9.17, 15) is 4.79 Å². The summed E-state index contributed by atoms with van der Waals surface area (Å²) >= 11 is 0. The molecular formula is C13H23N5O2. The topological polar surface area (TPSA) is 86.3 Å². The standard InChI is InChI=1S/C13H23N5O2/c1-2-6-20-12-4-3-5-17(9-12)13(19)10-18-8-11(7-14)15-16-18/h8,12H,2-7,9-10,14H2,1H3. The van der Waals surface area contributed by atoms with Crippen molar-refractivity contribution < 1.29 is 9.53 Å². The molecule has 1 aromatic rings. The Morgan fingerprint density at radius 1 is 1.60 bits per heavy atom. The van der Waals surface area contributed by atoms with E-state index in [2.05, 4.69) is 17.2 Å². The first-order chi connectivity index (χ1) is 9.72. The summed E-state index contributed by atoms with van der Waals surface area (Å²) < 4.78 is 7.28. The molecule has 7 heteroatoms. The third kappa shape index (κ3) is 4.01. The van der Waals surface area contributed by atoms with E-state index in [4.69, 9.17) is 10.5 Å². The van der Waals surface area contributed by atoms with Gasteiger partial charge in [-0.2, -0.15) is 0 Å². The lowest BCUT2D eigenvalue weighted by atomic mass is 10.1. The molecule has 1 unspecified atom stereocenters. The Hall–Kier alpha value is -1.47. The number of ether oxygens (including phenoxy) is 1. The number of rotatable bonds is 6. The number of hydrogen-bond acceptors (Lipinski definition) is 5. The van der Waals surface area contributed by atoms with Crippen LogP contribution in [0.4, 0.5) is 0 Å². The van der Waals surface area contributed by atoms with Gasteiger partial charge in [-0.15, -0.1) is 5.10 Å². The van der Waals surface area contributed by atoms with E-state index in [1.165, 1.54) is 0 Å². The number of carbonyl (C=O) groups is 1. The lowest BCUT2D eigenvalue weighted by Gasteiger charge is -2.32. The highest BCUT2D eigenvalue weighted by molar-refractivity contribution is 5.76. The molecule has 1 amide bonds. The Labute approximate surface area is 119 Å². The van der Waals surface area contributed by atoms with Gasteiger partial charge in [0.05, 0.1) is 18.0 Å². The Balaban J connectivity index is 1.85. The highest BCUT2D eigenvalue weighted by atomic mass is 16.5. The number of hydrogen-bond donors (Lipinski definition) is 1. The van der Waals surface area contributed by atoms with Gasteiger partial charge in [0.1, 0.15) is 6.54 Å². The molecule has 7 nitrogen and oxygen atoms in total. The van der Waals surface area contributed by atoms with Crippen LogP contribution in [-0.2, 0) is 22.6 Å². The molecule has 1 aliphatic rings. The molecule has 1 aliphatic heterocycles. The lowest BCUT2D eigenvalue weighted by molar-refractivity contribution is -0.136. The quantitative estimate of drug-likeness (QED) is 0.802. The van der Waals surface area contributed by atoms with Crippen molar-refractivity contribution in [3.63, 3.8) is 0 Å². The number of nitrogens with two attached hydrogens (primary N) is 1. The zero-order valence-corrected chi connectivity index (χ0v) is 12.0. The molecular weight excluding hydrogens is 258 g/mol. The minimum Gasteiger partial charge on any atom is -0.376 e. The molecule has 0 aromatic carbocycles. The van der Waals surface area contributed by atoms with Gasteiger partial charge in [0, 0.05) is 26.2 Å². The maximum absolute atomic E-state index is 12.2. The first-order valence-corrected chi connectivity index (χ1v) is 7.21. The Bertz CT molecular complexity index is 434. The molecule has 0 spiro atoms. The number of piperidine rings is 1. The summed E-state index contributed by atoms with van der Waals surface area (Å²) in [6.45, 7) is 4.87. The van der Waals surface area contributed by atoms with Gasteiger partial charge in [-0.1, -0.05) is 12.1 Å². The zero-order valence-electron chi connectivity index (χ0n) is 12.0. The van der Waals surface area contributed by atoms with E-state index < -0.39 is 0 Å². The Kier molecular flexibility index (Phi) is 5.49. The van der Waals surface area contributed by atoms with Crippen LogP contribution in [0.1, 0.15) is 31.9 Å².